The molecule has 34 nitrogen and oxygen atoms in total. The van der Waals surface area contributed by atoms with Gasteiger partial charge < -0.3 is 99.8 Å². The lowest BCUT2D eigenvalue weighted by Gasteiger charge is -2.51. The Morgan fingerprint density at radius 3 is 0.690 bits per heavy atom. The Kier molecular flexibility index (Phi) is 26.1. The summed E-state index contributed by atoms with van der Waals surface area (Å²) in [5.41, 5.74) is 0. The van der Waals surface area contributed by atoms with Crippen molar-refractivity contribution in [1.29, 1.82) is 0 Å². The summed E-state index contributed by atoms with van der Waals surface area (Å²) in [4.78, 5) is 165. The smallest absolute Gasteiger partial charge is 0.303 e. The highest BCUT2D eigenvalue weighted by Gasteiger charge is 2.61. The SMILES string of the molecule is CC(=O)OC[C@H]1O[C@H](O)[C@H](OC(C)=O)[C@@H](OC(C)=O)[C@@H]1O[C@H]1O[C@H](COC(C)=O)[C@@H](O[C@H]2O[C@H](COC(C)=O)[C@@H](O[C@H]3O[C@H](COC(C)=O)[C@@H](OC(C)=O)[C@H](OC(C)=O)[C@H]3OC(C)=O)[C@H](OC(C)=O)[C@H]2OC(C)=O)[C@H](OC(C)=O)[C@H]1OC(C)=O. The Labute approximate surface area is 478 Å². The van der Waals surface area contributed by atoms with Gasteiger partial charge >= 0.3 is 77.6 Å². The summed E-state index contributed by atoms with van der Waals surface area (Å²) in [6, 6.07) is 0. The van der Waals surface area contributed by atoms with E-state index in [9.17, 15) is 67.4 Å². The number of aliphatic hydroxyl groups excluding tert-OH is 1. The van der Waals surface area contributed by atoms with E-state index in [0.717, 1.165) is 90.0 Å². The molecular formula is C50H68O34. The van der Waals surface area contributed by atoms with E-state index in [4.69, 9.17) is 94.7 Å². The third-order valence-electron chi connectivity index (χ3n) is 11.8. The summed E-state index contributed by atoms with van der Waals surface area (Å²) >= 11 is 0. The molecule has 472 valence electrons. The topological polar surface area (TPSA) is 427 Å². The molecule has 4 rings (SSSR count). The zero-order chi connectivity index (χ0) is 63.0. The van der Waals surface area contributed by atoms with E-state index < -0.39 is 227 Å². The van der Waals surface area contributed by atoms with Gasteiger partial charge in [0, 0.05) is 90.0 Å². The molecule has 0 spiro atoms. The van der Waals surface area contributed by atoms with E-state index >= 15 is 0 Å². The van der Waals surface area contributed by atoms with Crippen molar-refractivity contribution < 1.29 is 162 Å². The average Bonchev–Trinajstić information content (AvgIpc) is 3.03. The van der Waals surface area contributed by atoms with E-state index in [-0.39, 0.29) is 0 Å². The lowest BCUT2D eigenvalue weighted by molar-refractivity contribution is -0.388. The van der Waals surface area contributed by atoms with Gasteiger partial charge in [-0.3, -0.25) is 62.3 Å². The van der Waals surface area contributed by atoms with E-state index in [2.05, 4.69) is 0 Å². The van der Waals surface area contributed by atoms with Gasteiger partial charge in [0.2, 0.25) is 0 Å². The van der Waals surface area contributed by atoms with Crippen molar-refractivity contribution >= 4 is 77.6 Å². The maximum absolute atomic E-state index is 13.2. The molecule has 0 aromatic rings. The van der Waals surface area contributed by atoms with Gasteiger partial charge in [-0.05, 0) is 0 Å². The van der Waals surface area contributed by atoms with Gasteiger partial charge in [0.25, 0.3) is 0 Å². The first kappa shape index (κ1) is 69.3. The van der Waals surface area contributed by atoms with Crippen molar-refractivity contribution in [2.75, 3.05) is 26.4 Å². The Morgan fingerprint density at radius 1 is 0.250 bits per heavy atom. The normalized spacial score (nSPS) is 32.7. The molecule has 34 heteroatoms. The van der Waals surface area contributed by atoms with Crippen LogP contribution >= 0.6 is 0 Å². The molecule has 0 amide bonds. The van der Waals surface area contributed by atoms with Crippen LogP contribution in [-0.4, -0.2) is 232 Å². The van der Waals surface area contributed by atoms with Crippen molar-refractivity contribution in [2.24, 2.45) is 0 Å². The summed E-state index contributed by atoms with van der Waals surface area (Å²) in [7, 11) is 0. The fourth-order valence-electron chi connectivity index (χ4n) is 9.06. The molecule has 0 aliphatic carbocycles. The van der Waals surface area contributed by atoms with Crippen LogP contribution in [0, 0.1) is 0 Å². The van der Waals surface area contributed by atoms with Gasteiger partial charge in [0.15, 0.2) is 80.1 Å². The molecule has 4 aliphatic rings. The number of esters is 13. The average molecular weight is 1210 g/mol. The first-order chi connectivity index (χ1) is 39.3. The van der Waals surface area contributed by atoms with Crippen LogP contribution < -0.4 is 0 Å². The highest BCUT2D eigenvalue weighted by atomic mass is 16.8. The minimum atomic E-state index is -2.21. The van der Waals surface area contributed by atoms with Crippen LogP contribution in [0.3, 0.4) is 0 Å². The predicted molar refractivity (Wildman–Crippen MR) is 258 cm³/mol. The Hall–Kier alpha value is -7.21. The second-order valence-electron chi connectivity index (χ2n) is 18.9. The van der Waals surface area contributed by atoms with Gasteiger partial charge in [-0.25, -0.2) is 0 Å². The van der Waals surface area contributed by atoms with Crippen LogP contribution in [0.2, 0.25) is 0 Å². The van der Waals surface area contributed by atoms with Crippen LogP contribution in [0.5, 0.6) is 0 Å². The van der Waals surface area contributed by atoms with Crippen LogP contribution in [0.1, 0.15) is 90.0 Å². The van der Waals surface area contributed by atoms with Crippen LogP contribution in [0.4, 0.5) is 0 Å². The zero-order valence-corrected chi connectivity index (χ0v) is 47.8. The number of aliphatic hydroxyl groups is 1. The van der Waals surface area contributed by atoms with Crippen molar-refractivity contribution in [1.82, 2.24) is 0 Å². The molecule has 4 heterocycles. The quantitative estimate of drug-likeness (QED) is 0.0828. The van der Waals surface area contributed by atoms with E-state index in [0.29, 0.717) is 0 Å². The molecule has 0 aromatic heterocycles. The second kappa shape index (κ2) is 31.6. The number of hydrogen-bond acceptors (Lipinski definition) is 34. The molecule has 4 saturated heterocycles. The maximum Gasteiger partial charge on any atom is 0.303 e. The van der Waals surface area contributed by atoms with Crippen molar-refractivity contribution in [3.8, 4) is 0 Å². The largest absolute Gasteiger partial charge is 0.463 e. The van der Waals surface area contributed by atoms with Crippen molar-refractivity contribution in [3.63, 3.8) is 0 Å². The second-order valence-corrected chi connectivity index (χ2v) is 18.9. The van der Waals surface area contributed by atoms with Crippen molar-refractivity contribution in [3.05, 3.63) is 0 Å². The molecule has 1 N–H and O–H groups in total. The van der Waals surface area contributed by atoms with Crippen LogP contribution in [-0.2, 0) is 157 Å². The molecule has 84 heavy (non-hydrogen) atoms. The monoisotopic (exact) mass is 1210 g/mol. The van der Waals surface area contributed by atoms with Gasteiger partial charge in [0.05, 0.1) is 0 Å². The standard InChI is InChI=1S/C50H68O34/c1-18(51)65-14-31-36(39(70-23(6)56)43(47(64)78-31)74-27(10)60)82-49-45(76-29(12)62)41(72-25(8)58)38(33(80-49)16-67-20(3)53)84-50-46(77-30(13)63)42(73-26(9)59)37(34(81-50)17-68-21(4)54)83-48-44(75-28(11)61)40(71-24(7)57)35(69-22(5)55)32(79-48)15-66-19(2)52/h31-50,64H,14-17H2,1-13H3/t31-,32-,33-,34-,35-,36-,37-,38-,39+,40+,41+,42+,43-,44-,45-,46-,47+,48-,49-,50-/m1/s1. The van der Waals surface area contributed by atoms with Crippen molar-refractivity contribution in [2.45, 2.75) is 213 Å². The minimum absolute atomic E-state index is 0.745. The van der Waals surface area contributed by atoms with Gasteiger partial charge in [-0.15, -0.1) is 0 Å². The van der Waals surface area contributed by atoms with Crippen LogP contribution in [0.25, 0.3) is 0 Å². The van der Waals surface area contributed by atoms with Crippen LogP contribution in [0.15, 0.2) is 0 Å². The van der Waals surface area contributed by atoms with E-state index in [1.54, 1.807) is 0 Å². The van der Waals surface area contributed by atoms with E-state index in [1.165, 1.54) is 0 Å². The molecule has 0 unspecified atom stereocenters. The first-order valence-electron chi connectivity index (χ1n) is 25.6. The summed E-state index contributed by atoms with van der Waals surface area (Å²) in [6.07, 6.45) is -39.0. The number of rotatable bonds is 23. The molecule has 4 fully saturated rings. The fraction of sp³-hybridized carbons (Fsp3) is 0.740. The number of hydrogen-bond donors (Lipinski definition) is 1. The third-order valence-corrected chi connectivity index (χ3v) is 11.8. The summed E-state index contributed by atoms with van der Waals surface area (Å²) < 4.78 is 115. The Morgan fingerprint density at radius 2 is 0.440 bits per heavy atom. The molecule has 0 aromatic carbocycles. The number of carbonyl (C=O) groups is 13. The van der Waals surface area contributed by atoms with Gasteiger partial charge in [-0.2, -0.15) is 0 Å². The highest BCUT2D eigenvalue weighted by molar-refractivity contribution is 5.71. The molecule has 0 radical (unpaired) electrons. The lowest BCUT2D eigenvalue weighted by Crippen LogP contribution is -2.69. The first-order valence-corrected chi connectivity index (χ1v) is 25.6. The highest BCUT2D eigenvalue weighted by Crippen LogP contribution is 2.40. The lowest BCUT2D eigenvalue weighted by atomic mass is 9.94. The van der Waals surface area contributed by atoms with Gasteiger partial charge in [0.1, 0.15) is 69.2 Å². The van der Waals surface area contributed by atoms with E-state index in [1.807, 2.05) is 0 Å². The predicted octanol–water partition coefficient (Wildman–Crippen LogP) is -2.33. The van der Waals surface area contributed by atoms with Gasteiger partial charge in [-0.1, -0.05) is 0 Å². The zero-order valence-electron chi connectivity index (χ0n) is 47.8. The molecular weight excluding hydrogens is 1140 g/mol. The number of ether oxygens (including phenoxy) is 20. The molecule has 4 aliphatic heterocycles. The Balaban J connectivity index is 1.97. The summed E-state index contributed by atoms with van der Waals surface area (Å²) in [5, 5.41) is 11.0. The number of carbonyl (C=O) groups excluding carboxylic acids is 13. The summed E-state index contributed by atoms with van der Waals surface area (Å²) in [5.74, 6) is -13.5. The molecule has 0 bridgehead atoms. The molecule has 20 atom stereocenters. The Bertz CT molecular complexity index is 2410. The fourth-order valence-corrected chi connectivity index (χ4v) is 9.06. The minimum Gasteiger partial charge on any atom is -0.463 e. The maximum atomic E-state index is 13.2. The third kappa shape index (κ3) is 20.5. The summed E-state index contributed by atoms with van der Waals surface area (Å²) in [6.45, 7) is 8.90. The molecule has 0 saturated carbocycles.